The van der Waals surface area contributed by atoms with Gasteiger partial charge in [0.15, 0.2) is 0 Å². The van der Waals surface area contributed by atoms with Gasteiger partial charge in [-0.15, -0.1) is 0 Å². The lowest BCUT2D eigenvalue weighted by molar-refractivity contribution is -0.127. The van der Waals surface area contributed by atoms with Crippen molar-refractivity contribution in [1.82, 2.24) is 20.4 Å². The number of nitrogens with zero attached hydrogens (tertiary/aromatic N) is 3. The minimum atomic E-state index is -0.0810. The smallest absolute Gasteiger partial charge is 0.241 e. The summed E-state index contributed by atoms with van der Waals surface area (Å²) >= 11 is 3.46. The molecule has 3 aromatic rings. The van der Waals surface area contributed by atoms with E-state index in [0.717, 1.165) is 47.5 Å². The summed E-state index contributed by atoms with van der Waals surface area (Å²) in [5, 5.41) is 7.18. The Hall–Kier alpha value is -2.91. The molecule has 1 amide bonds. The zero-order valence-electron chi connectivity index (χ0n) is 19.4. The molecule has 1 aliphatic heterocycles. The van der Waals surface area contributed by atoms with Crippen LogP contribution in [0.4, 0.5) is 0 Å². The van der Waals surface area contributed by atoms with Crippen LogP contribution in [0.5, 0.6) is 11.5 Å². The first-order chi connectivity index (χ1) is 16.5. The van der Waals surface area contributed by atoms with Gasteiger partial charge >= 0.3 is 0 Å². The minimum Gasteiger partial charge on any atom is -0.497 e. The zero-order chi connectivity index (χ0) is 23.9. The molecule has 2 aromatic carbocycles. The number of benzene rings is 2. The highest BCUT2D eigenvalue weighted by Crippen LogP contribution is 2.23. The normalized spacial score (nSPS) is 15.6. The van der Waals surface area contributed by atoms with E-state index in [-0.39, 0.29) is 17.9 Å². The van der Waals surface area contributed by atoms with Gasteiger partial charge in [-0.3, -0.25) is 9.69 Å². The minimum absolute atomic E-state index is 0.000369. The Morgan fingerprint density at radius 1 is 1.21 bits per heavy atom. The number of nitrogens with one attached hydrogen (secondary N) is 1. The van der Waals surface area contributed by atoms with Gasteiger partial charge in [-0.1, -0.05) is 33.2 Å². The summed E-state index contributed by atoms with van der Waals surface area (Å²) in [6.07, 6.45) is 1.59. The Labute approximate surface area is 207 Å². The third kappa shape index (κ3) is 6.57. The molecule has 1 aromatic heterocycles. The molecule has 9 heteroatoms. The van der Waals surface area contributed by atoms with E-state index in [4.69, 9.17) is 14.0 Å². The van der Waals surface area contributed by atoms with E-state index < -0.39 is 0 Å². The number of hydrogen-bond donors (Lipinski definition) is 1. The van der Waals surface area contributed by atoms with Gasteiger partial charge in [-0.25, -0.2) is 0 Å². The molecule has 1 N–H and O–H groups in total. The van der Waals surface area contributed by atoms with E-state index in [1.54, 1.807) is 7.11 Å². The second-order valence-electron chi connectivity index (χ2n) is 8.47. The summed E-state index contributed by atoms with van der Waals surface area (Å²) in [6.45, 7) is 4.57. The van der Waals surface area contributed by atoms with Crippen molar-refractivity contribution in [1.29, 1.82) is 0 Å². The van der Waals surface area contributed by atoms with Gasteiger partial charge in [-0.05, 0) is 69.3 Å². The molecular formula is C25H29BrN4O4. The lowest BCUT2D eigenvalue weighted by atomic mass is 9.95. The number of rotatable bonds is 9. The van der Waals surface area contributed by atoms with Crippen LogP contribution >= 0.6 is 15.9 Å². The average Bonchev–Trinajstić information content (AvgIpc) is 3.32. The van der Waals surface area contributed by atoms with Crippen LogP contribution in [0, 0.1) is 5.92 Å². The first-order valence-electron chi connectivity index (χ1n) is 11.4. The van der Waals surface area contributed by atoms with Crippen molar-refractivity contribution in [3.05, 3.63) is 58.9 Å². The van der Waals surface area contributed by atoms with Crippen LogP contribution in [0.1, 0.15) is 25.7 Å². The first-order valence-corrected chi connectivity index (χ1v) is 12.2. The lowest BCUT2D eigenvalue weighted by Crippen LogP contribution is -2.44. The van der Waals surface area contributed by atoms with Crippen LogP contribution in [-0.4, -0.2) is 53.8 Å². The van der Waals surface area contributed by atoms with Crippen molar-refractivity contribution in [3.8, 4) is 22.9 Å². The Morgan fingerprint density at radius 2 is 1.94 bits per heavy atom. The van der Waals surface area contributed by atoms with Crippen LogP contribution in [0.2, 0.25) is 0 Å². The molecule has 180 valence electrons. The molecule has 1 fully saturated rings. The molecule has 8 nitrogen and oxygen atoms in total. The van der Waals surface area contributed by atoms with E-state index in [2.05, 4.69) is 36.3 Å². The van der Waals surface area contributed by atoms with Crippen LogP contribution < -0.4 is 14.8 Å². The Bertz CT molecular complexity index is 1080. The topological polar surface area (TPSA) is 89.7 Å². The number of methoxy groups -OCH3 is 1. The highest BCUT2D eigenvalue weighted by Gasteiger charge is 2.27. The molecular weight excluding hydrogens is 500 g/mol. The van der Waals surface area contributed by atoms with Gasteiger partial charge in [0.2, 0.25) is 17.6 Å². The van der Waals surface area contributed by atoms with Crippen LogP contribution in [0.25, 0.3) is 11.4 Å². The number of amides is 1. The third-order valence-electron chi connectivity index (χ3n) is 5.82. The molecule has 1 aliphatic rings. The molecule has 0 radical (unpaired) electrons. The van der Waals surface area contributed by atoms with Crippen molar-refractivity contribution in [2.24, 2.45) is 5.92 Å². The molecule has 2 heterocycles. The van der Waals surface area contributed by atoms with Crippen LogP contribution in [0.3, 0.4) is 0 Å². The number of ether oxygens (including phenoxy) is 2. The maximum Gasteiger partial charge on any atom is 0.241 e. The predicted octanol–water partition coefficient (Wildman–Crippen LogP) is 4.30. The van der Waals surface area contributed by atoms with E-state index in [1.165, 1.54) is 0 Å². The number of halogens is 1. The van der Waals surface area contributed by atoms with Crippen molar-refractivity contribution in [2.75, 3.05) is 26.8 Å². The number of likely N-dealkylation sites (tertiary alicyclic amines) is 1. The Balaban J connectivity index is 1.19. The highest BCUT2D eigenvalue weighted by molar-refractivity contribution is 9.10. The monoisotopic (exact) mass is 528 g/mol. The lowest BCUT2D eigenvalue weighted by Gasteiger charge is -2.30. The maximum absolute atomic E-state index is 12.7. The molecule has 0 bridgehead atoms. The fraction of sp³-hybridized carbons (Fsp3) is 0.400. The third-order valence-corrected chi connectivity index (χ3v) is 6.31. The summed E-state index contributed by atoms with van der Waals surface area (Å²) in [7, 11) is 1.63. The largest absolute Gasteiger partial charge is 0.497 e. The number of carbonyl (C=O) groups is 1. The first kappa shape index (κ1) is 24.2. The number of piperidine rings is 1. The van der Waals surface area contributed by atoms with Crippen molar-refractivity contribution < 1.29 is 18.8 Å². The summed E-state index contributed by atoms with van der Waals surface area (Å²) < 4.78 is 17.3. The Morgan fingerprint density at radius 3 is 2.65 bits per heavy atom. The van der Waals surface area contributed by atoms with Crippen LogP contribution in [-0.2, 0) is 11.3 Å². The van der Waals surface area contributed by atoms with Gasteiger partial charge < -0.3 is 19.3 Å². The quantitative estimate of drug-likeness (QED) is 0.442. The van der Waals surface area contributed by atoms with Gasteiger partial charge in [0.05, 0.1) is 19.7 Å². The SMILES string of the molecule is COc1ccc(OCC(C)NC(=O)C2CCN(Cc3nc(-c4cccc(Br)c4)no3)CC2)cc1. The molecule has 1 unspecified atom stereocenters. The number of hydrogen-bond acceptors (Lipinski definition) is 7. The standard InChI is InChI=1S/C25H29BrN4O4/c1-17(16-33-22-8-6-21(32-2)7-9-22)27-25(31)18-10-12-30(13-11-18)15-23-28-24(29-34-23)19-4-3-5-20(26)14-19/h3-9,14,17-18H,10-13,15-16H2,1-2H3,(H,27,31). The maximum atomic E-state index is 12.7. The summed E-state index contributed by atoms with van der Waals surface area (Å²) in [5.41, 5.74) is 0.907. The summed E-state index contributed by atoms with van der Waals surface area (Å²) in [4.78, 5) is 19.5. The fourth-order valence-electron chi connectivity index (χ4n) is 3.90. The van der Waals surface area contributed by atoms with Gasteiger partial charge in [0, 0.05) is 16.0 Å². The van der Waals surface area contributed by atoms with Crippen molar-refractivity contribution in [3.63, 3.8) is 0 Å². The Kier molecular flexibility index (Phi) is 8.18. The molecule has 1 saturated heterocycles. The molecule has 4 rings (SSSR count). The number of carbonyl (C=O) groups excluding carboxylic acids is 1. The molecule has 1 atom stereocenters. The van der Waals surface area contributed by atoms with Gasteiger partial charge in [0.1, 0.15) is 18.1 Å². The van der Waals surface area contributed by atoms with E-state index in [1.807, 2.05) is 55.5 Å². The average molecular weight is 529 g/mol. The zero-order valence-corrected chi connectivity index (χ0v) is 21.0. The van der Waals surface area contributed by atoms with E-state index in [0.29, 0.717) is 24.9 Å². The molecule has 0 saturated carbocycles. The molecule has 0 aliphatic carbocycles. The fourth-order valence-corrected chi connectivity index (χ4v) is 4.30. The van der Waals surface area contributed by atoms with E-state index >= 15 is 0 Å². The van der Waals surface area contributed by atoms with Gasteiger partial charge in [0.25, 0.3) is 0 Å². The predicted molar refractivity (Wildman–Crippen MR) is 132 cm³/mol. The number of aromatic nitrogens is 2. The van der Waals surface area contributed by atoms with Crippen molar-refractivity contribution >= 4 is 21.8 Å². The van der Waals surface area contributed by atoms with Crippen molar-refractivity contribution in [2.45, 2.75) is 32.4 Å². The summed E-state index contributed by atoms with van der Waals surface area (Å²) in [5.74, 6) is 2.78. The molecule has 0 spiro atoms. The second-order valence-corrected chi connectivity index (χ2v) is 9.38. The van der Waals surface area contributed by atoms with E-state index in [9.17, 15) is 4.79 Å². The molecule has 34 heavy (non-hydrogen) atoms. The highest BCUT2D eigenvalue weighted by atomic mass is 79.9. The van der Waals surface area contributed by atoms with Crippen LogP contribution in [0.15, 0.2) is 57.5 Å². The second kappa shape index (κ2) is 11.5. The summed E-state index contributed by atoms with van der Waals surface area (Å²) in [6, 6.07) is 15.1. The van der Waals surface area contributed by atoms with Gasteiger partial charge in [-0.2, -0.15) is 4.98 Å².